The smallest absolute Gasteiger partial charge is 0.237 e. The van der Waals surface area contributed by atoms with Crippen LogP contribution in [0, 0.1) is 0 Å². The molecule has 3 aromatic rings. The molecule has 190 valence electrons. The monoisotopic (exact) mass is 497 g/mol. The van der Waals surface area contributed by atoms with Crippen molar-refractivity contribution in [2.75, 3.05) is 25.6 Å². The van der Waals surface area contributed by atoms with Gasteiger partial charge in [-0.15, -0.1) is 0 Å². The van der Waals surface area contributed by atoms with E-state index in [1.54, 1.807) is 27.8 Å². The van der Waals surface area contributed by atoms with E-state index in [2.05, 4.69) is 35.3 Å². The van der Waals surface area contributed by atoms with E-state index in [1.165, 1.54) is 12.7 Å². The highest BCUT2D eigenvalue weighted by Gasteiger charge is 2.46. The van der Waals surface area contributed by atoms with Gasteiger partial charge in [-0.3, -0.25) is 14.3 Å². The Labute approximate surface area is 205 Å². The molecule has 5 N–H and O–H groups in total. The summed E-state index contributed by atoms with van der Waals surface area (Å²) in [6.45, 7) is -0.309. The van der Waals surface area contributed by atoms with E-state index in [0.29, 0.717) is 28.2 Å². The van der Waals surface area contributed by atoms with E-state index in [9.17, 15) is 15.0 Å². The Kier molecular flexibility index (Phi) is 7.57. The molecule has 5 atom stereocenters. The molecule has 0 aromatic carbocycles. The van der Waals surface area contributed by atoms with E-state index in [-0.39, 0.29) is 13.0 Å². The van der Waals surface area contributed by atoms with Crippen LogP contribution >= 0.6 is 0 Å². The summed E-state index contributed by atoms with van der Waals surface area (Å²) in [7, 11) is 3.65. The topological polar surface area (TPSA) is 213 Å². The van der Waals surface area contributed by atoms with Gasteiger partial charge in [0.15, 0.2) is 23.2 Å². The zero-order chi connectivity index (χ0) is 25.8. The maximum Gasteiger partial charge on any atom is 0.237 e. The standard InChI is InChI=1S/C21H27N11O4/c1-31(2)18-16-19(26-9-25-18)32(10-27-16)21-17(34)15(14(8-33)36-21)29-20(35)13(22)5-11-3-4-12(24-6-11)7-28-30-23/h3-4,6,9-10,13-15,17,21,33-34H,5,7-8,22H2,1-2H3,(H,29,35)/t13?,14-,15-,17-,21-/m1/s1. The molecule has 4 rings (SSSR count). The first-order chi connectivity index (χ1) is 17.3. The van der Waals surface area contributed by atoms with Crippen molar-refractivity contribution < 1.29 is 19.7 Å². The number of hydrogen-bond donors (Lipinski definition) is 4. The van der Waals surface area contributed by atoms with Crippen molar-refractivity contribution in [3.8, 4) is 0 Å². The Morgan fingerprint density at radius 1 is 1.36 bits per heavy atom. The second-order valence-corrected chi connectivity index (χ2v) is 8.55. The molecule has 1 unspecified atom stereocenters. The highest BCUT2D eigenvalue weighted by Crippen LogP contribution is 2.32. The van der Waals surface area contributed by atoms with Crippen LogP contribution in [-0.2, 0) is 22.5 Å². The molecular weight excluding hydrogens is 470 g/mol. The number of carbonyl (C=O) groups is 1. The first-order valence-corrected chi connectivity index (χ1v) is 11.1. The lowest BCUT2D eigenvalue weighted by atomic mass is 10.0. The minimum absolute atomic E-state index is 0.126. The number of nitrogens with two attached hydrogens (primary N) is 1. The van der Waals surface area contributed by atoms with Gasteiger partial charge in [0, 0.05) is 30.9 Å². The fraction of sp³-hybridized carbons (Fsp3) is 0.476. The van der Waals surface area contributed by atoms with E-state index in [4.69, 9.17) is 16.0 Å². The maximum absolute atomic E-state index is 12.8. The van der Waals surface area contributed by atoms with Gasteiger partial charge in [0.2, 0.25) is 5.91 Å². The number of carbonyl (C=O) groups excluding carboxylic acids is 1. The molecule has 4 heterocycles. The van der Waals surface area contributed by atoms with Crippen LogP contribution in [0.2, 0.25) is 0 Å². The lowest BCUT2D eigenvalue weighted by Gasteiger charge is -2.23. The number of imidazole rings is 1. The lowest BCUT2D eigenvalue weighted by molar-refractivity contribution is -0.124. The normalized spacial score (nSPS) is 22.2. The Bertz CT molecular complexity index is 1260. The van der Waals surface area contributed by atoms with Gasteiger partial charge in [0.1, 0.15) is 18.5 Å². The van der Waals surface area contributed by atoms with Gasteiger partial charge in [-0.1, -0.05) is 11.2 Å². The fourth-order valence-electron chi connectivity index (χ4n) is 4.05. The van der Waals surface area contributed by atoms with Gasteiger partial charge in [0.25, 0.3) is 0 Å². The number of nitrogens with one attached hydrogen (secondary N) is 1. The summed E-state index contributed by atoms with van der Waals surface area (Å²) in [6.07, 6.45) is 1.56. The Balaban J connectivity index is 1.46. The SMILES string of the molecule is CN(C)c1ncnc2c1ncn2[C@@H]1O[C@H](CO)[C@@H](NC(=O)C(N)Cc2ccc(CN=[N+]=[N-])nc2)[C@H]1O. The van der Waals surface area contributed by atoms with Crippen molar-refractivity contribution in [1.82, 2.24) is 29.8 Å². The molecule has 15 heteroatoms. The third-order valence-corrected chi connectivity index (χ3v) is 5.88. The Hall–Kier alpha value is -3.88. The number of nitrogens with zero attached hydrogens (tertiary/aromatic N) is 9. The summed E-state index contributed by atoms with van der Waals surface area (Å²) in [4.78, 5) is 34.4. The summed E-state index contributed by atoms with van der Waals surface area (Å²) in [6, 6.07) is 1.58. The van der Waals surface area contributed by atoms with E-state index < -0.39 is 43.0 Å². The summed E-state index contributed by atoms with van der Waals surface area (Å²) in [5.74, 6) is 0.0775. The van der Waals surface area contributed by atoms with Crippen molar-refractivity contribution in [3.05, 3.63) is 52.7 Å². The second kappa shape index (κ2) is 10.8. The fourth-order valence-corrected chi connectivity index (χ4v) is 4.05. The number of rotatable bonds is 9. The largest absolute Gasteiger partial charge is 0.394 e. The van der Waals surface area contributed by atoms with Crippen LogP contribution in [0.1, 0.15) is 17.5 Å². The minimum Gasteiger partial charge on any atom is -0.394 e. The molecular formula is C21H27N11O4. The maximum atomic E-state index is 12.8. The number of ether oxygens (including phenoxy) is 1. The third kappa shape index (κ3) is 5.05. The summed E-state index contributed by atoms with van der Waals surface area (Å²) in [5.41, 5.74) is 16.8. The zero-order valence-corrected chi connectivity index (χ0v) is 19.7. The highest BCUT2D eigenvalue weighted by molar-refractivity contribution is 5.83. The molecule has 15 nitrogen and oxygen atoms in total. The van der Waals surface area contributed by atoms with Gasteiger partial charge < -0.3 is 30.9 Å². The van der Waals surface area contributed by atoms with E-state index >= 15 is 0 Å². The third-order valence-electron chi connectivity index (χ3n) is 5.88. The molecule has 1 saturated heterocycles. The van der Waals surface area contributed by atoms with Crippen molar-refractivity contribution in [3.63, 3.8) is 0 Å². The van der Waals surface area contributed by atoms with Crippen LogP contribution in [-0.4, -0.2) is 85.6 Å². The molecule has 0 bridgehead atoms. The van der Waals surface area contributed by atoms with Crippen molar-refractivity contribution >= 4 is 22.9 Å². The average molecular weight is 498 g/mol. The molecule has 0 radical (unpaired) electrons. The highest BCUT2D eigenvalue weighted by atomic mass is 16.5. The van der Waals surface area contributed by atoms with Gasteiger partial charge in [-0.2, -0.15) is 0 Å². The predicted octanol–water partition coefficient (Wildman–Crippen LogP) is -0.597. The van der Waals surface area contributed by atoms with Crippen LogP contribution in [0.15, 0.2) is 36.1 Å². The number of fused-ring (bicyclic) bond motifs is 1. The van der Waals surface area contributed by atoms with Gasteiger partial charge in [-0.05, 0) is 23.6 Å². The van der Waals surface area contributed by atoms with E-state index in [0.717, 1.165) is 0 Å². The molecule has 1 aliphatic rings. The average Bonchev–Trinajstić information content (AvgIpc) is 3.44. The van der Waals surface area contributed by atoms with Crippen molar-refractivity contribution in [1.29, 1.82) is 0 Å². The first-order valence-electron chi connectivity index (χ1n) is 11.1. The van der Waals surface area contributed by atoms with Crippen molar-refractivity contribution in [2.24, 2.45) is 10.8 Å². The minimum atomic E-state index is -1.21. The molecule has 36 heavy (non-hydrogen) atoms. The zero-order valence-electron chi connectivity index (χ0n) is 19.7. The van der Waals surface area contributed by atoms with Crippen LogP contribution in [0.5, 0.6) is 0 Å². The molecule has 3 aromatic heterocycles. The lowest BCUT2D eigenvalue weighted by Crippen LogP contribution is -2.53. The number of azide groups is 1. The summed E-state index contributed by atoms with van der Waals surface area (Å²) < 4.78 is 7.43. The number of pyridine rings is 1. The quantitative estimate of drug-likeness (QED) is 0.167. The molecule has 1 amide bonds. The van der Waals surface area contributed by atoms with Crippen LogP contribution in [0.4, 0.5) is 5.82 Å². The number of amides is 1. The van der Waals surface area contributed by atoms with Gasteiger partial charge in [0.05, 0.1) is 31.6 Å². The Morgan fingerprint density at radius 3 is 2.83 bits per heavy atom. The van der Waals surface area contributed by atoms with Gasteiger partial charge >= 0.3 is 0 Å². The van der Waals surface area contributed by atoms with E-state index in [1.807, 2.05) is 14.1 Å². The summed E-state index contributed by atoms with van der Waals surface area (Å²) in [5, 5.41) is 27.1. The van der Waals surface area contributed by atoms with Crippen molar-refractivity contribution in [2.45, 2.75) is 43.5 Å². The molecule has 1 fully saturated rings. The Morgan fingerprint density at radius 2 is 2.17 bits per heavy atom. The van der Waals surface area contributed by atoms with Crippen LogP contribution in [0.3, 0.4) is 0 Å². The number of aliphatic hydroxyl groups excluding tert-OH is 2. The summed E-state index contributed by atoms with van der Waals surface area (Å²) >= 11 is 0. The molecule has 0 spiro atoms. The van der Waals surface area contributed by atoms with Crippen LogP contribution in [0.25, 0.3) is 21.6 Å². The predicted molar refractivity (Wildman–Crippen MR) is 127 cm³/mol. The second-order valence-electron chi connectivity index (χ2n) is 8.55. The number of hydrogen-bond acceptors (Lipinski definition) is 11. The number of anilines is 1. The molecule has 0 aliphatic carbocycles. The number of aliphatic hydroxyl groups is 2. The molecule has 1 aliphatic heterocycles. The first kappa shape index (κ1) is 25.2. The number of aromatic nitrogens is 5. The van der Waals surface area contributed by atoms with Gasteiger partial charge in [-0.25, -0.2) is 15.0 Å². The molecule has 0 saturated carbocycles. The van der Waals surface area contributed by atoms with Crippen LogP contribution < -0.4 is 16.0 Å².